The first-order chi connectivity index (χ1) is 13.0. The van der Waals surface area contributed by atoms with Crippen molar-refractivity contribution < 1.29 is 13.9 Å². The number of nitrogens with one attached hydrogen (secondary N) is 2. The maximum atomic E-state index is 13.0. The maximum absolute atomic E-state index is 13.0. The topological polar surface area (TPSA) is 97.2 Å². The lowest BCUT2D eigenvalue weighted by atomic mass is 9.86. The van der Waals surface area contributed by atoms with Crippen LogP contribution < -0.4 is 15.5 Å². The van der Waals surface area contributed by atoms with Crippen LogP contribution in [0.1, 0.15) is 12.8 Å². The van der Waals surface area contributed by atoms with Gasteiger partial charge in [-0.25, -0.2) is 14.4 Å². The fraction of sp³-hybridized carbons (Fsp3) is 0.529. The van der Waals surface area contributed by atoms with Crippen molar-refractivity contribution >= 4 is 17.7 Å². The van der Waals surface area contributed by atoms with Crippen LogP contribution in [0.2, 0.25) is 0 Å². The van der Waals surface area contributed by atoms with Crippen LogP contribution in [0.3, 0.4) is 0 Å². The van der Waals surface area contributed by atoms with Crippen LogP contribution in [0.15, 0.2) is 24.7 Å². The predicted octanol–water partition coefficient (Wildman–Crippen LogP) is 0.563. The van der Waals surface area contributed by atoms with Gasteiger partial charge in [-0.3, -0.25) is 9.48 Å². The molecule has 2 aromatic rings. The van der Waals surface area contributed by atoms with E-state index in [1.165, 1.54) is 0 Å². The van der Waals surface area contributed by atoms with Gasteiger partial charge < -0.3 is 20.3 Å². The zero-order valence-corrected chi connectivity index (χ0v) is 15.5. The van der Waals surface area contributed by atoms with Crippen LogP contribution >= 0.6 is 0 Å². The Morgan fingerprint density at radius 3 is 2.63 bits per heavy atom. The molecule has 1 saturated heterocycles. The number of amides is 1. The molecule has 3 rings (SSSR count). The van der Waals surface area contributed by atoms with Crippen molar-refractivity contribution in [3.63, 3.8) is 0 Å². The van der Waals surface area contributed by atoms with Gasteiger partial charge >= 0.3 is 0 Å². The van der Waals surface area contributed by atoms with Crippen molar-refractivity contribution in [2.75, 3.05) is 43.6 Å². The van der Waals surface area contributed by atoms with Crippen molar-refractivity contribution in [3.8, 4) is 0 Å². The Kier molecular flexibility index (Phi) is 5.84. The number of carbonyl (C=O) groups is 1. The first-order valence-electron chi connectivity index (χ1n) is 8.80. The molecule has 146 valence electrons. The van der Waals surface area contributed by atoms with Gasteiger partial charge in [0.25, 0.3) is 0 Å². The van der Waals surface area contributed by atoms with E-state index < -0.39 is 11.4 Å². The largest absolute Gasteiger partial charge is 0.383 e. The van der Waals surface area contributed by atoms with Crippen molar-refractivity contribution in [2.45, 2.75) is 18.4 Å². The van der Waals surface area contributed by atoms with E-state index in [9.17, 15) is 9.18 Å². The number of rotatable bonds is 7. The highest BCUT2D eigenvalue weighted by Gasteiger charge is 2.42. The van der Waals surface area contributed by atoms with Gasteiger partial charge in [0.1, 0.15) is 11.4 Å². The first-order valence-corrected chi connectivity index (χ1v) is 8.80. The minimum Gasteiger partial charge on any atom is -0.383 e. The van der Waals surface area contributed by atoms with E-state index in [1.54, 1.807) is 11.8 Å². The third kappa shape index (κ3) is 4.51. The Bertz CT molecular complexity index is 757. The van der Waals surface area contributed by atoms with Gasteiger partial charge in [-0.15, -0.1) is 0 Å². The molecule has 1 amide bonds. The fourth-order valence-electron chi connectivity index (χ4n) is 3.13. The normalized spacial score (nSPS) is 16.2. The number of anilines is 2. The summed E-state index contributed by atoms with van der Waals surface area (Å²) in [5.74, 6) is 0.540. The van der Waals surface area contributed by atoms with E-state index >= 15 is 0 Å². The number of piperidine rings is 1. The summed E-state index contributed by atoms with van der Waals surface area (Å²) in [5, 5.41) is 10.6. The van der Waals surface area contributed by atoms with E-state index in [1.807, 2.05) is 24.2 Å². The van der Waals surface area contributed by atoms with Gasteiger partial charge in [0.2, 0.25) is 11.9 Å². The molecule has 0 atom stereocenters. The van der Waals surface area contributed by atoms with Gasteiger partial charge in [-0.05, 0) is 12.8 Å². The van der Waals surface area contributed by atoms with Crippen molar-refractivity contribution in [1.82, 2.24) is 25.1 Å². The molecule has 0 radical (unpaired) electrons. The Balaban J connectivity index is 1.73. The Labute approximate surface area is 156 Å². The summed E-state index contributed by atoms with van der Waals surface area (Å²) in [6.45, 7) is 2.00. The molecule has 3 heterocycles. The summed E-state index contributed by atoms with van der Waals surface area (Å²) < 4.78 is 19.7. The van der Waals surface area contributed by atoms with Crippen LogP contribution in [0, 0.1) is 5.82 Å². The van der Waals surface area contributed by atoms with E-state index in [-0.39, 0.29) is 5.91 Å². The van der Waals surface area contributed by atoms with Crippen LogP contribution in [-0.2, 0) is 16.6 Å². The zero-order valence-electron chi connectivity index (χ0n) is 15.5. The Morgan fingerprint density at radius 2 is 2.04 bits per heavy atom. The maximum Gasteiger partial charge on any atom is 0.245 e. The summed E-state index contributed by atoms with van der Waals surface area (Å²) in [7, 11) is 3.42. The Morgan fingerprint density at radius 1 is 1.33 bits per heavy atom. The van der Waals surface area contributed by atoms with E-state index in [0.29, 0.717) is 50.8 Å². The highest BCUT2D eigenvalue weighted by molar-refractivity contribution is 5.89. The highest BCUT2D eigenvalue weighted by Crippen LogP contribution is 2.28. The lowest BCUT2D eigenvalue weighted by Crippen LogP contribution is -2.59. The minimum atomic E-state index is -0.793. The molecule has 2 N–H and O–H groups in total. The lowest BCUT2D eigenvalue weighted by molar-refractivity contribution is -0.126. The molecule has 0 bridgehead atoms. The third-order valence-corrected chi connectivity index (χ3v) is 4.61. The number of hydrogen-bond acceptors (Lipinski definition) is 7. The second kappa shape index (κ2) is 8.30. The van der Waals surface area contributed by atoms with E-state index in [4.69, 9.17) is 4.74 Å². The molecule has 10 heteroatoms. The lowest BCUT2D eigenvalue weighted by Gasteiger charge is -2.41. The molecule has 2 aromatic heterocycles. The Hall–Kier alpha value is -2.75. The molecule has 0 saturated carbocycles. The summed E-state index contributed by atoms with van der Waals surface area (Å²) in [4.78, 5) is 22.9. The SMILES string of the molecule is COCCNC(=O)C1(Nc2ccn(C)n2)CCN(c2ncc(F)cn2)CC1. The predicted molar refractivity (Wildman–Crippen MR) is 97.9 cm³/mol. The van der Waals surface area contributed by atoms with Crippen molar-refractivity contribution in [2.24, 2.45) is 7.05 Å². The smallest absolute Gasteiger partial charge is 0.245 e. The molecule has 1 aliphatic rings. The minimum absolute atomic E-state index is 0.0927. The van der Waals surface area contributed by atoms with Crippen molar-refractivity contribution in [3.05, 3.63) is 30.5 Å². The van der Waals surface area contributed by atoms with Gasteiger partial charge in [0.15, 0.2) is 5.82 Å². The number of halogens is 1. The molecule has 0 spiro atoms. The average molecular weight is 377 g/mol. The number of hydrogen-bond donors (Lipinski definition) is 2. The van der Waals surface area contributed by atoms with E-state index in [0.717, 1.165) is 12.4 Å². The fourth-order valence-corrected chi connectivity index (χ4v) is 3.13. The number of carbonyl (C=O) groups excluding carboxylic acids is 1. The number of aromatic nitrogens is 4. The summed E-state index contributed by atoms with van der Waals surface area (Å²) in [6.07, 6.45) is 5.17. The molecule has 1 fully saturated rings. The summed E-state index contributed by atoms with van der Waals surface area (Å²) >= 11 is 0. The molecule has 0 aliphatic carbocycles. The molecule has 1 aliphatic heterocycles. The molecular formula is C17H24FN7O2. The van der Waals surface area contributed by atoms with Crippen LogP contribution in [-0.4, -0.2) is 64.5 Å². The molecule has 0 aromatic carbocycles. The number of aryl methyl sites for hydroxylation is 1. The number of nitrogens with zero attached hydrogens (tertiary/aromatic N) is 5. The molecule has 9 nitrogen and oxygen atoms in total. The molecule has 0 unspecified atom stereocenters. The zero-order chi connectivity index (χ0) is 19.3. The van der Waals surface area contributed by atoms with Gasteiger partial charge in [-0.2, -0.15) is 5.10 Å². The van der Waals surface area contributed by atoms with Crippen molar-refractivity contribution in [1.29, 1.82) is 0 Å². The second-order valence-corrected chi connectivity index (χ2v) is 6.52. The van der Waals surface area contributed by atoms with Gasteiger partial charge in [-0.1, -0.05) is 0 Å². The van der Waals surface area contributed by atoms with Crippen LogP contribution in [0.5, 0.6) is 0 Å². The standard InChI is InChI=1S/C17H24FN7O2/c1-24-7-3-14(23-24)22-17(15(26)19-6-10-27-2)4-8-25(9-5-17)16-20-11-13(18)12-21-16/h3,7,11-12H,4-6,8-10H2,1-2H3,(H,19,26)(H,22,23). The summed E-state index contributed by atoms with van der Waals surface area (Å²) in [5.41, 5.74) is -0.793. The number of methoxy groups -OCH3 is 1. The van der Waals surface area contributed by atoms with E-state index in [2.05, 4.69) is 25.7 Å². The molecular weight excluding hydrogens is 353 g/mol. The van der Waals surface area contributed by atoms with Crippen LogP contribution in [0.4, 0.5) is 16.2 Å². The second-order valence-electron chi connectivity index (χ2n) is 6.52. The first kappa shape index (κ1) is 19.0. The quantitative estimate of drug-likeness (QED) is 0.681. The monoisotopic (exact) mass is 377 g/mol. The molecule has 27 heavy (non-hydrogen) atoms. The average Bonchev–Trinajstić information content (AvgIpc) is 3.07. The third-order valence-electron chi connectivity index (χ3n) is 4.61. The summed E-state index contributed by atoms with van der Waals surface area (Å²) in [6, 6.07) is 1.83. The van der Waals surface area contributed by atoms with Gasteiger partial charge in [0, 0.05) is 46.1 Å². The van der Waals surface area contributed by atoms with Gasteiger partial charge in [0.05, 0.1) is 19.0 Å². The van der Waals surface area contributed by atoms with Crippen LogP contribution in [0.25, 0.3) is 0 Å². The number of ether oxygens (including phenoxy) is 1. The highest BCUT2D eigenvalue weighted by atomic mass is 19.1.